The Kier molecular flexibility index (Phi) is 5.12. The quantitative estimate of drug-likeness (QED) is 0.681. The molecule has 1 aromatic carbocycles. The molecule has 3 atom stereocenters. The lowest BCUT2D eigenvalue weighted by Crippen LogP contribution is -2.25. The van der Waals surface area contributed by atoms with Gasteiger partial charge in [0.15, 0.2) is 5.82 Å². The largest absolute Gasteiger partial charge is 0.352 e. The molecule has 0 radical (unpaired) electrons. The molecular weight excluding hydrogens is 358 g/mol. The van der Waals surface area contributed by atoms with Gasteiger partial charge in [-0.2, -0.15) is 0 Å². The minimum atomic E-state index is 0.336. The number of benzene rings is 1. The molecule has 2 aromatic heterocycles. The third-order valence-electron chi connectivity index (χ3n) is 5.67. The summed E-state index contributed by atoms with van der Waals surface area (Å²) in [5.41, 5.74) is 2.37. The van der Waals surface area contributed by atoms with Crippen LogP contribution in [0.1, 0.15) is 37.7 Å². The first-order valence-electron chi connectivity index (χ1n) is 9.43. The summed E-state index contributed by atoms with van der Waals surface area (Å²) in [6.45, 7) is 2.24. The van der Waals surface area contributed by atoms with Gasteiger partial charge in [0.05, 0.1) is 0 Å². The van der Waals surface area contributed by atoms with E-state index in [1.54, 1.807) is 12.4 Å². The van der Waals surface area contributed by atoms with E-state index in [9.17, 15) is 0 Å². The van der Waals surface area contributed by atoms with Gasteiger partial charge in [0.25, 0.3) is 0 Å². The first-order chi connectivity index (χ1) is 13.1. The van der Waals surface area contributed by atoms with Crippen LogP contribution in [0.15, 0.2) is 48.8 Å². The van der Waals surface area contributed by atoms with Crippen LogP contribution >= 0.6 is 11.6 Å². The van der Waals surface area contributed by atoms with E-state index in [1.165, 1.54) is 24.8 Å². The number of hydrogen-bond acceptors (Lipinski definition) is 4. The predicted octanol–water partition coefficient (Wildman–Crippen LogP) is 4.91. The van der Waals surface area contributed by atoms with Gasteiger partial charge in [-0.3, -0.25) is 9.55 Å². The van der Waals surface area contributed by atoms with Crippen LogP contribution in [-0.2, 0) is 7.05 Å². The van der Waals surface area contributed by atoms with Crippen LogP contribution in [0, 0.1) is 5.92 Å². The number of pyridine rings is 1. The maximum atomic E-state index is 6.17. The van der Waals surface area contributed by atoms with Crippen molar-refractivity contribution in [1.82, 2.24) is 19.7 Å². The smallest absolute Gasteiger partial charge is 0.224 e. The average molecular weight is 382 g/mol. The van der Waals surface area contributed by atoms with Gasteiger partial charge in [-0.25, -0.2) is 0 Å². The summed E-state index contributed by atoms with van der Waals surface area (Å²) in [7, 11) is 1.99. The monoisotopic (exact) mass is 381 g/mol. The molecule has 1 N–H and O–H groups in total. The van der Waals surface area contributed by atoms with Crippen LogP contribution in [0.25, 0.3) is 11.4 Å². The number of nitrogens with one attached hydrogen (secondary N) is 1. The van der Waals surface area contributed by atoms with Gasteiger partial charge in [-0.1, -0.05) is 23.7 Å². The Morgan fingerprint density at radius 2 is 1.96 bits per heavy atom. The van der Waals surface area contributed by atoms with Crippen LogP contribution in [0.2, 0.25) is 5.02 Å². The third kappa shape index (κ3) is 3.83. The summed E-state index contributed by atoms with van der Waals surface area (Å²) in [6.07, 6.45) is 7.13. The van der Waals surface area contributed by atoms with E-state index in [-0.39, 0.29) is 0 Å². The average Bonchev–Trinajstić information content (AvgIpc) is 3.31. The van der Waals surface area contributed by atoms with Crippen molar-refractivity contribution in [2.24, 2.45) is 13.0 Å². The minimum Gasteiger partial charge on any atom is -0.352 e. The van der Waals surface area contributed by atoms with Crippen LogP contribution in [0.3, 0.4) is 0 Å². The number of hydrogen-bond donors (Lipinski definition) is 1. The lowest BCUT2D eigenvalue weighted by Gasteiger charge is -2.21. The maximum absolute atomic E-state index is 6.17. The van der Waals surface area contributed by atoms with E-state index in [2.05, 4.69) is 39.6 Å². The van der Waals surface area contributed by atoms with Gasteiger partial charge < -0.3 is 5.32 Å². The molecule has 4 rings (SSSR count). The number of halogens is 1. The molecule has 5 nitrogen and oxygen atoms in total. The molecule has 0 bridgehead atoms. The summed E-state index contributed by atoms with van der Waals surface area (Å²) in [6, 6.07) is 12.5. The van der Waals surface area contributed by atoms with E-state index in [1.807, 2.05) is 35.9 Å². The highest BCUT2D eigenvalue weighted by atomic mass is 35.5. The lowest BCUT2D eigenvalue weighted by atomic mass is 9.94. The minimum absolute atomic E-state index is 0.336. The molecule has 1 aliphatic rings. The molecule has 1 saturated carbocycles. The zero-order chi connectivity index (χ0) is 18.8. The van der Waals surface area contributed by atoms with Crippen molar-refractivity contribution >= 4 is 17.5 Å². The summed E-state index contributed by atoms with van der Waals surface area (Å²) in [4.78, 5) is 4.06. The van der Waals surface area contributed by atoms with E-state index in [0.717, 1.165) is 22.4 Å². The van der Waals surface area contributed by atoms with Gasteiger partial charge >= 0.3 is 0 Å². The molecule has 2 unspecified atom stereocenters. The first kappa shape index (κ1) is 18.0. The Balaban J connectivity index is 1.43. The Morgan fingerprint density at radius 3 is 2.74 bits per heavy atom. The molecule has 1 aliphatic carbocycles. The van der Waals surface area contributed by atoms with Crippen molar-refractivity contribution < 1.29 is 0 Å². The Labute approximate surface area is 164 Å². The standard InChI is InChI=1S/C21H24ClN5/c1-14(16-6-7-18(12-16)17-4-3-5-19(22)13-17)24-21-26-25-20(27(21)2)15-8-10-23-11-9-15/h3-5,8-11,13-14,16,18H,6-7,12H2,1-2H3,(H,24,26)/t14-,16?,18?/m0/s1. The molecule has 6 heteroatoms. The molecular formula is C21H24ClN5. The highest BCUT2D eigenvalue weighted by molar-refractivity contribution is 6.30. The summed E-state index contributed by atoms with van der Waals surface area (Å²) in [5.74, 6) is 2.84. The number of rotatable bonds is 5. The zero-order valence-electron chi connectivity index (χ0n) is 15.6. The molecule has 0 spiro atoms. The third-order valence-corrected chi connectivity index (χ3v) is 5.91. The van der Waals surface area contributed by atoms with E-state index >= 15 is 0 Å². The number of aromatic nitrogens is 4. The van der Waals surface area contributed by atoms with Crippen molar-refractivity contribution in [2.45, 2.75) is 38.1 Å². The second kappa shape index (κ2) is 7.69. The van der Waals surface area contributed by atoms with Crippen LogP contribution in [0.4, 0.5) is 5.95 Å². The Bertz CT molecular complexity index is 908. The highest BCUT2D eigenvalue weighted by Gasteiger charge is 2.30. The lowest BCUT2D eigenvalue weighted by molar-refractivity contribution is 0.472. The van der Waals surface area contributed by atoms with E-state index in [4.69, 9.17) is 11.6 Å². The molecule has 0 saturated heterocycles. The summed E-state index contributed by atoms with van der Waals surface area (Å²) >= 11 is 6.17. The molecule has 0 aliphatic heterocycles. The van der Waals surface area contributed by atoms with Crippen molar-refractivity contribution in [3.63, 3.8) is 0 Å². The topological polar surface area (TPSA) is 55.6 Å². The van der Waals surface area contributed by atoms with E-state index in [0.29, 0.717) is 17.9 Å². The van der Waals surface area contributed by atoms with Gasteiger partial charge in [-0.15, -0.1) is 10.2 Å². The Hall–Kier alpha value is -2.40. The van der Waals surface area contributed by atoms with Crippen molar-refractivity contribution in [1.29, 1.82) is 0 Å². The molecule has 1 fully saturated rings. The fraction of sp³-hybridized carbons (Fsp3) is 0.381. The van der Waals surface area contributed by atoms with Crippen molar-refractivity contribution in [2.75, 3.05) is 5.32 Å². The highest BCUT2D eigenvalue weighted by Crippen LogP contribution is 2.40. The maximum Gasteiger partial charge on any atom is 0.224 e. The van der Waals surface area contributed by atoms with Gasteiger partial charge in [0.2, 0.25) is 5.95 Å². The van der Waals surface area contributed by atoms with Crippen LogP contribution in [0.5, 0.6) is 0 Å². The summed E-state index contributed by atoms with van der Waals surface area (Å²) in [5, 5.41) is 13.1. The zero-order valence-corrected chi connectivity index (χ0v) is 16.4. The molecule has 3 aromatic rings. The van der Waals surface area contributed by atoms with Crippen molar-refractivity contribution in [3.8, 4) is 11.4 Å². The molecule has 0 amide bonds. The molecule has 140 valence electrons. The Morgan fingerprint density at radius 1 is 1.15 bits per heavy atom. The second-order valence-corrected chi connectivity index (χ2v) is 7.84. The SMILES string of the molecule is C[C@H](Nc1nnc(-c2ccncc2)n1C)C1CCC(c2cccc(Cl)c2)C1. The fourth-order valence-electron chi connectivity index (χ4n) is 4.06. The van der Waals surface area contributed by atoms with Crippen LogP contribution < -0.4 is 5.32 Å². The van der Waals surface area contributed by atoms with Crippen molar-refractivity contribution in [3.05, 3.63) is 59.4 Å². The normalized spacial score (nSPS) is 20.6. The molecule has 27 heavy (non-hydrogen) atoms. The van der Waals surface area contributed by atoms with E-state index < -0.39 is 0 Å². The first-order valence-corrected chi connectivity index (χ1v) is 9.81. The fourth-order valence-corrected chi connectivity index (χ4v) is 4.26. The predicted molar refractivity (Wildman–Crippen MR) is 109 cm³/mol. The van der Waals surface area contributed by atoms with Gasteiger partial charge in [-0.05, 0) is 67.9 Å². The number of nitrogens with zero attached hydrogens (tertiary/aromatic N) is 4. The van der Waals surface area contributed by atoms with Gasteiger partial charge in [0.1, 0.15) is 0 Å². The molecule has 2 heterocycles. The second-order valence-electron chi connectivity index (χ2n) is 7.40. The number of anilines is 1. The van der Waals surface area contributed by atoms with Gasteiger partial charge in [0, 0.05) is 36.1 Å². The van der Waals surface area contributed by atoms with Crippen LogP contribution in [-0.4, -0.2) is 25.8 Å². The summed E-state index contributed by atoms with van der Waals surface area (Å²) < 4.78 is 2.01.